The molecule has 5 nitrogen and oxygen atoms in total. The van der Waals surface area contributed by atoms with Crippen molar-refractivity contribution < 1.29 is 9.53 Å². The molecule has 0 bridgehead atoms. The van der Waals surface area contributed by atoms with Crippen LogP contribution in [0.2, 0.25) is 0 Å². The minimum Gasteiger partial charge on any atom is -0.378 e. The molecule has 0 saturated carbocycles. The van der Waals surface area contributed by atoms with Gasteiger partial charge < -0.3 is 20.3 Å². The maximum Gasteiger partial charge on any atom is 0.239 e. The summed E-state index contributed by atoms with van der Waals surface area (Å²) in [6.07, 6.45) is 0. The Morgan fingerprint density at radius 1 is 1.28 bits per heavy atom. The summed E-state index contributed by atoms with van der Waals surface area (Å²) in [7, 11) is 1.63. The van der Waals surface area contributed by atoms with Gasteiger partial charge in [0.1, 0.15) is 0 Å². The lowest BCUT2D eigenvalue weighted by Crippen LogP contribution is -2.36. The lowest BCUT2D eigenvalue weighted by molar-refractivity contribution is -0.118. The van der Waals surface area contributed by atoms with E-state index in [9.17, 15) is 4.79 Å². The molecule has 0 unspecified atom stereocenters. The van der Waals surface area contributed by atoms with E-state index in [1.165, 1.54) is 5.69 Å². The highest BCUT2D eigenvalue weighted by Crippen LogP contribution is 2.18. The Kier molecular flexibility index (Phi) is 4.41. The molecular formula is C13H19N3O2. The number of amides is 1. The Balaban J connectivity index is 1.90. The van der Waals surface area contributed by atoms with E-state index in [-0.39, 0.29) is 5.91 Å². The van der Waals surface area contributed by atoms with Crippen molar-refractivity contribution in [3.8, 4) is 0 Å². The van der Waals surface area contributed by atoms with Gasteiger partial charge in [0.15, 0.2) is 0 Å². The van der Waals surface area contributed by atoms with E-state index in [1.54, 1.807) is 7.05 Å². The van der Waals surface area contributed by atoms with Crippen LogP contribution in [0.1, 0.15) is 0 Å². The first kappa shape index (κ1) is 12.7. The number of carbonyl (C=O) groups excluding carboxylic acids is 1. The summed E-state index contributed by atoms with van der Waals surface area (Å²) in [4.78, 5) is 13.4. The minimum atomic E-state index is -0.0211. The number of morpholine rings is 1. The molecule has 18 heavy (non-hydrogen) atoms. The molecule has 1 aliphatic rings. The van der Waals surface area contributed by atoms with E-state index in [2.05, 4.69) is 27.7 Å². The highest BCUT2D eigenvalue weighted by molar-refractivity contribution is 5.80. The van der Waals surface area contributed by atoms with Crippen LogP contribution < -0.4 is 15.5 Å². The molecule has 2 rings (SSSR count). The van der Waals surface area contributed by atoms with Crippen LogP contribution in [0.4, 0.5) is 11.4 Å². The number of anilines is 2. The second-order valence-electron chi connectivity index (χ2n) is 4.17. The molecule has 1 heterocycles. The van der Waals surface area contributed by atoms with Crippen LogP contribution in [0.3, 0.4) is 0 Å². The summed E-state index contributed by atoms with van der Waals surface area (Å²) in [5.74, 6) is -0.0211. The van der Waals surface area contributed by atoms with Gasteiger partial charge in [0.25, 0.3) is 0 Å². The van der Waals surface area contributed by atoms with Crippen molar-refractivity contribution in [1.29, 1.82) is 0 Å². The molecule has 1 fully saturated rings. The topological polar surface area (TPSA) is 53.6 Å². The molecule has 0 spiro atoms. The Bertz CT molecular complexity index is 386. The van der Waals surface area contributed by atoms with E-state index in [0.717, 1.165) is 32.0 Å². The van der Waals surface area contributed by atoms with Gasteiger partial charge in [-0.25, -0.2) is 0 Å². The number of hydrogen-bond acceptors (Lipinski definition) is 4. The fraction of sp³-hybridized carbons (Fsp3) is 0.462. The van der Waals surface area contributed by atoms with Crippen molar-refractivity contribution >= 4 is 17.3 Å². The summed E-state index contributed by atoms with van der Waals surface area (Å²) in [6.45, 7) is 3.75. The molecule has 2 N–H and O–H groups in total. The van der Waals surface area contributed by atoms with Gasteiger partial charge in [0.2, 0.25) is 5.91 Å². The average molecular weight is 249 g/mol. The Morgan fingerprint density at radius 2 is 1.94 bits per heavy atom. The largest absolute Gasteiger partial charge is 0.378 e. The van der Waals surface area contributed by atoms with Crippen molar-refractivity contribution in [1.82, 2.24) is 5.32 Å². The quantitative estimate of drug-likeness (QED) is 0.824. The zero-order valence-electron chi connectivity index (χ0n) is 10.6. The predicted molar refractivity (Wildman–Crippen MR) is 72.0 cm³/mol. The fourth-order valence-electron chi connectivity index (χ4n) is 1.88. The molecule has 0 radical (unpaired) electrons. The molecule has 1 aromatic carbocycles. The maximum absolute atomic E-state index is 11.1. The molecule has 0 atom stereocenters. The van der Waals surface area contributed by atoms with Crippen molar-refractivity contribution in [3.63, 3.8) is 0 Å². The molecule has 1 amide bonds. The van der Waals surface area contributed by atoms with E-state index < -0.39 is 0 Å². The zero-order chi connectivity index (χ0) is 12.8. The van der Waals surface area contributed by atoms with Crippen LogP contribution in [0, 0.1) is 0 Å². The van der Waals surface area contributed by atoms with Gasteiger partial charge in [-0.3, -0.25) is 4.79 Å². The summed E-state index contributed by atoms with van der Waals surface area (Å²) in [5.41, 5.74) is 2.15. The van der Waals surface area contributed by atoms with Crippen LogP contribution >= 0.6 is 0 Å². The molecule has 0 aromatic heterocycles. The maximum atomic E-state index is 11.1. The summed E-state index contributed by atoms with van der Waals surface area (Å²) in [6, 6.07) is 8.12. The van der Waals surface area contributed by atoms with Crippen molar-refractivity contribution in [2.75, 3.05) is 50.1 Å². The summed E-state index contributed by atoms with van der Waals surface area (Å²) >= 11 is 0. The smallest absolute Gasteiger partial charge is 0.239 e. The molecule has 98 valence electrons. The molecular weight excluding hydrogens is 230 g/mol. The van der Waals surface area contributed by atoms with Crippen LogP contribution in [0.5, 0.6) is 0 Å². The number of rotatable bonds is 4. The van der Waals surface area contributed by atoms with E-state index >= 15 is 0 Å². The molecule has 5 heteroatoms. The third-order valence-corrected chi connectivity index (χ3v) is 2.98. The normalized spacial score (nSPS) is 15.3. The van der Waals surface area contributed by atoms with Crippen LogP contribution in [0.15, 0.2) is 24.3 Å². The van der Waals surface area contributed by atoms with Crippen molar-refractivity contribution in [3.05, 3.63) is 24.3 Å². The first-order valence-electron chi connectivity index (χ1n) is 6.17. The number of nitrogens with one attached hydrogen (secondary N) is 2. The summed E-state index contributed by atoms with van der Waals surface area (Å²) < 4.78 is 5.32. The standard InChI is InChI=1S/C13H19N3O2/c1-14-13(17)10-15-11-2-4-12(5-3-11)16-6-8-18-9-7-16/h2-5,15H,6-10H2,1H3,(H,14,17). The van der Waals surface area contributed by atoms with Gasteiger partial charge in [-0.15, -0.1) is 0 Å². The number of hydrogen-bond donors (Lipinski definition) is 2. The second kappa shape index (κ2) is 6.26. The zero-order valence-corrected chi connectivity index (χ0v) is 10.6. The first-order chi connectivity index (χ1) is 8.79. The van der Waals surface area contributed by atoms with Gasteiger partial charge >= 0.3 is 0 Å². The van der Waals surface area contributed by atoms with E-state index in [0.29, 0.717) is 6.54 Å². The Hall–Kier alpha value is -1.75. The third kappa shape index (κ3) is 3.37. The minimum absolute atomic E-state index is 0.0211. The lowest BCUT2D eigenvalue weighted by Gasteiger charge is -2.28. The second-order valence-corrected chi connectivity index (χ2v) is 4.17. The molecule has 0 aliphatic carbocycles. The van der Waals surface area contributed by atoms with Gasteiger partial charge in [-0.2, -0.15) is 0 Å². The van der Waals surface area contributed by atoms with Gasteiger partial charge in [0, 0.05) is 31.5 Å². The number of nitrogens with zero attached hydrogens (tertiary/aromatic N) is 1. The first-order valence-corrected chi connectivity index (χ1v) is 6.17. The SMILES string of the molecule is CNC(=O)CNc1ccc(N2CCOCC2)cc1. The highest BCUT2D eigenvalue weighted by atomic mass is 16.5. The Morgan fingerprint density at radius 3 is 2.56 bits per heavy atom. The van der Waals surface area contributed by atoms with E-state index in [1.807, 2.05) is 12.1 Å². The van der Waals surface area contributed by atoms with Crippen LogP contribution in [-0.2, 0) is 9.53 Å². The van der Waals surface area contributed by atoms with Crippen molar-refractivity contribution in [2.45, 2.75) is 0 Å². The van der Waals surface area contributed by atoms with Gasteiger partial charge in [0.05, 0.1) is 19.8 Å². The molecule has 1 saturated heterocycles. The predicted octanol–water partition coefficient (Wildman–Crippen LogP) is 0.681. The lowest BCUT2D eigenvalue weighted by atomic mass is 10.2. The van der Waals surface area contributed by atoms with Gasteiger partial charge in [-0.1, -0.05) is 0 Å². The third-order valence-electron chi connectivity index (χ3n) is 2.98. The van der Waals surface area contributed by atoms with Gasteiger partial charge in [-0.05, 0) is 24.3 Å². The fourth-order valence-corrected chi connectivity index (χ4v) is 1.88. The van der Waals surface area contributed by atoms with E-state index in [4.69, 9.17) is 4.74 Å². The average Bonchev–Trinajstić information content (AvgIpc) is 2.46. The number of likely N-dealkylation sites (N-methyl/N-ethyl adjacent to an activating group) is 1. The molecule has 1 aliphatic heterocycles. The summed E-state index contributed by atoms with van der Waals surface area (Å²) in [5, 5.41) is 5.64. The van der Waals surface area contributed by atoms with Crippen LogP contribution in [-0.4, -0.2) is 45.8 Å². The van der Waals surface area contributed by atoms with Crippen molar-refractivity contribution in [2.24, 2.45) is 0 Å². The number of carbonyl (C=O) groups is 1. The Labute approximate surface area is 107 Å². The molecule has 1 aromatic rings. The number of benzene rings is 1. The number of ether oxygens (including phenoxy) is 1. The van der Waals surface area contributed by atoms with Crippen LogP contribution in [0.25, 0.3) is 0 Å². The monoisotopic (exact) mass is 249 g/mol. The highest BCUT2D eigenvalue weighted by Gasteiger charge is 2.10.